The quantitative estimate of drug-likeness (QED) is 0.880. The zero-order valence-corrected chi connectivity index (χ0v) is 11.4. The summed E-state index contributed by atoms with van der Waals surface area (Å²) in [5.74, 6) is 0. The third-order valence-corrected chi connectivity index (χ3v) is 4.56. The third-order valence-electron chi connectivity index (χ3n) is 2.45. The number of hydrogen-bond acceptors (Lipinski definition) is 4. The summed E-state index contributed by atoms with van der Waals surface area (Å²) in [6, 6.07) is 3.72. The lowest BCUT2D eigenvalue weighted by Crippen LogP contribution is -2.36. The minimum absolute atomic E-state index is 0.284. The van der Waals surface area contributed by atoms with E-state index in [-0.39, 0.29) is 5.02 Å². The molecule has 0 aliphatic rings. The molecule has 7 heteroatoms. The van der Waals surface area contributed by atoms with Crippen molar-refractivity contribution in [2.24, 2.45) is 5.73 Å². The van der Waals surface area contributed by atoms with Crippen molar-refractivity contribution in [3.63, 3.8) is 0 Å². The molecule has 0 spiro atoms. The van der Waals surface area contributed by atoms with Crippen molar-refractivity contribution < 1.29 is 13.5 Å². The number of halogens is 2. The van der Waals surface area contributed by atoms with Crippen LogP contribution in [0.1, 0.15) is 11.6 Å². The molecule has 0 aromatic heterocycles. The molecular formula is C10H13Cl2NO3S. The van der Waals surface area contributed by atoms with E-state index in [2.05, 4.69) is 0 Å². The fourth-order valence-corrected chi connectivity index (χ4v) is 2.97. The van der Waals surface area contributed by atoms with Crippen molar-refractivity contribution in [1.82, 2.24) is 0 Å². The first-order valence-electron chi connectivity index (χ1n) is 4.77. The molecule has 0 saturated heterocycles. The van der Waals surface area contributed by atoms with E-state index in [9.17, 15) is 8.42 Å². The summed E-state index contributed by atoms with van der Waals surface area (Å²) < 4.78 is 22.9. The normalized spacial score (nSPS) is 15.6. The lowest BCUT2D eigenvalue weighted by molar-refractivity contribution is 0.278. The molecule has 0 bridgehead atoms. The van der Waals surface area contributed by atoms with Gasteiger partial charge in [0, 0.05) is 16.3 Å². The average Bonchev–Trinajstić information content (AvgIpc) is 2.15. The second-order valence-electron chi connectivity index (χ2n) is 3.74. The van der Waals surface area contributed by atoms with Gasteiger partial charge in [-0.1, -0.05) is 29.3 Å². The molecule has 3 N–H and O–H groups in total. The van der Waals surface area contributed by atoms with E-state index in [4.69, 9.17) is 34.0 Å². The smallest absolute Gasteiger partial charge is 0.154 e. The predicted molar refractivity (Wildman–Crippen MR) is 69.1 cm³/mol. The fraction of sp³-hybridized carbons (Fsp3) is 0.400. The number of benzene rings is 1. The monoisotopic (exact) mass is 297 g/mol. The molecule has 0 radical (unpaired) electrons. The molecular weight excluding hydrogens is 285 g/mol. The number of aliphatic hydroxyl groups is 1. The van der Waals surface area contributed by atoms with E-state index in [0.717, 1.165) is 6.26 Å². The largest absolute Gasteiger partial charge is 0.395 e. The zero-order valence-electron chi connectivity index (χ0n) is 9.10. The summed E-state index contributed by atoms with van der Waals surface area (Å²) in [4.78, 5) is 0. The van der Waals surface area contributed by atoms with Crippen LogP contribution < -0.4 is 5.73 Å². The molecule has 1 aromatic rings. The van der Waals surface area contributed by atoms with Crippen molar-refractivity contribution in [3.8, 4) is 0 Å². The van der Waals surface area contributed by atoms with Gasteiger partial charge in [-0.2, -0.15) is 0 Å². The van der Waals surface area contributed by atoms with Crippen molar-refractivity contribution in [2.45, 2.75) is 11.3 Å². The Balaban J connectivity index is 3.15. The number of nitrogens with two attached hydrogens (primary N) is 1. The molecule has 0 unspecified atom stereocenters. The Labute approximate surface area is 110 Å². The molecule has 17 heavy (non-hydrogen) atoms. The van der Waals surface area contributed by atoms with Crippen molar-refractivity contribution in [3.05, 3.63) is 33.8 Å². The van der Waals surface area contributed by atoms with E-state index >= 15 is 0 Å². The SMILES string of the molecule is CS(=O)(=O)[C@H](CO)[C@@H](N)c1ccc(Cl)cc1Cl. The summed E-state index contributed by atoms with van der Waals surface area (Å²) in [7, 11) is -3.46. The Morgan fingerprint density at radius 1 is 1.41 bits per heavy atom. The van der Waals surface area contributed by atoms with Gasteiger partial charge in [-0.25, -0.2) is 8.42 Å². The van der Waals surface area contributed by atoms with Crippen molar-refractivity contribution in [2.75, 3.05) is 12.9 Å². The molecule has 0 amide bonds. The first kappa shape index (κ1) is 14.7. The van der Waals surface area contributed by atoms with Crippen LogP contribution in [0.4, 0.5) is 0 Å². The molecule has 4 nitrogen and oxygen atoms in total. The van der Waals surface area contributed by atoms with Gasteiger partial charge in [0.05, 0.1) is 12.6 Å². The van der Waals surface area contributed by atoms with Crippen molar-refractivity contribution >= 4 is 33.0 Å². The maximum atomic E-state index is 11.4. The van der Waals surface area contributed by atoms with Gasteiger partial charge in [-0.3, -0.25) is 0 Å². The molecule has 1 rings (SSSR count). The van der Waals surface area contributed by atoms with Gasteiger partial charge < -0.3 is 10.8 Å². The summed E-state index contributed by atoms with van der Waals surface area (Å²) in [5, 5.41) is 8.75. The molecule has 96 valence electrons. The lowest BCUT2D eigenvalue weighted by atomic mass is 10.0. The molecule has 0 heterocycles. The average molecular weight is 298 g/mol. The maximum absolute atomic E-state index is 11.4. The van der Waals surface area contributed by atoms with Gasteiger partial charge in [0.1, 0.15) is 5.25 Å². The maximum Gasteiger partial charge on any atom is 0.154 e. The highest BCUT2D eigenvalue weighted by Gasteiger charge is 2.29. The molecule has 1 aromatic carbocycles. The number of rotatable bonds is 4. The number of aliphatic hydroxyl groups excluding tert-OH is 1. The van der Waals surface area contributed by atoms with Gasteiger partial charge in [0.25, 0.3) is 0 Å². The first-order chi connectivity index (χ1) is 7.77. The summed E-state index contributed by atoms with van der Waals surface area (Å²) in [6.45, 7) is -0.557. The Kier molecular flexibility index (Phi) is 4.80. The molecule has 0 saturated carbocycles. The van der Waals surface area contributed by atoms with Crippen LogP contribution in [0.5, 0.6) is 0 Å². The van der Waals surface area contributed by atoms with Crippen LogP contribution in [0.15, 0.2) is 18.2 Å². The van der Waals surface area contributed by atoms with Gasteiger partial charge in [0.2, 0.25) is 0 Å². The van der Waals surface area contributed by atoms with Crippen LogP contribution in [0, 0.1) is 0 Å². The van der Waals surface area contributed by atoms with Gasteiger partial charge in [-0.15, -0.1) is 0 Å². The standard InChI is InChI=1S/C10H13Cl2NO3S/c1-17(15,16)9(5-14)10(13)7-3-2-6(11)4-8(7)12/h2-4,9-10,14H,5,13H2,1H3/t9-,10+/m1/s1. The minimum Gasteiger partial charge on any atom is -0.395 e. The Bertz CT molecular complexity index is 504. The van der Waals surface area contributed by atoms with Gasteiger partial charge in [-0.05, 0) is 17.7 Å². The van der Waals surface area contributed by atoms with E-state index in [1.165, 1.54) is 6.07 Å². The molecule has 0 fully saturated rings. The van der Waals surface area contributed by atoms with Crippen molar-refractivity contribution in [1.29, 1.82) is 0 Å². The van der Waals surface area contributed by atoms with Crippen LogP contribution in [0.2, 0.25) is 10.0 Å². The second kappa shape index (κ2) is 5.54. The highest BCUT2D eigenvalue weighted by atomic mass is 35.5. The van der Waals surface area contributed by atoms with Gasteiger partial charge in [0.15, 0.2) is 9.84 Å². The Morgan fingerprint density at radius 3 is 2.41 bits per heavy atom. The topological polar surface area (TPSA) is 80.4 Å². The third kappa shape index (κ3) is 3.56. The molecule has 0 aliphatic carbocycles. The van der Waals surface area contributed by atoms with Crippen LogP contribution in [-0.2, 0) is 9.84 Å². The molecule has 2 atom stereocenters. The first-order valence-corrected chi connectivity index (χ1v) is 7.48. The number of sulfone groups is 1. The van der Waals surface area contributed by atoms with E-state index in [1.807, 2.05) is 0 Å². The summed E-state index contributed by atoms with van der Waals surface area (Å²) in [5.41, 5.74) is 6.27. The second-order valence-corrected chi connectivity index (χ2v) is 6.85. The van der Waals surface area contributed by atoms with Gasteiger partial charge >= 0.3 is 0 Å². The lowest BCUT2D eigenvalue weighted by Gasteiger charge is -2.21. The number of hydrogen-bond donors (Lipinski definition) is 2. The van der Waals surface area contributed by atoms with E-state index in [1.54, 1.807) is 12.1 Å². The highest BCUT2D eigenvalue weighted by Crippen LogP contribution is 2.28. The Morgan fingerprint density at radius 2 is 2.00 bits per heavy atom. The molecule has 0 aliphatic heterocycles. The zero-order chi connectivity index (χ0) is 13.2. The predicted octanol–water partition coefficient (Wildman–Crippen LogP) is 1.40. The highest BCUT2D eigenvalue weighted by molar-refractivity contribution is 7.91. The minimum atomic E-state index is -3.46. The van der Waals surface area contributed by atoms with E-state index < -0.39 is 27.7 Å². The summed E-state index contributed by atoms with van der Waals surface area (Å²) in [6.07, 6.45) is 1.03. The van der Waals surface area contributed by atoms with Crippen LogP contribution in [-0.4, -0.2) is 31.6 Å². The van der Waals surface area contributed by atoms with E-state index in [0.29, 0.717) is 10.6 Å². The van der Waals surface area contributed by atoms with Crippen LogP contribution in [0.25, 0.3) is 0 Å². The fourth-order valence-electron chi connectivity index (χ4n) is 1.49. The van der Waals surface area contributed by atoms with Crippen LogP contribution in [0.3, 0.4) is 0 Å². The summed E-state index contributed by atoms with van der Waals surface area (Å²) >= 11 is 11.7. The van der Waals surface area contributed by atoms with Crippen LogP contribution >= 0.6 is 23.2 Å². The Hall–Kier alpha value is -0.330.